The normalized spacial score (nSPS) is 27.6. The number of carbonyl (C=O) groups excluding carboxylic acids is 3. The topological polar surface area (TPSA) is 54.5 Å². The molecule has 0 radical (unpaired) electrons. The minimum absolute atomic E-state index is 0.0180. The number of carbonyl (C=O) groups is 3. The lowest BCUT2D eigenvalue weighted by molar-refractivity contribution is -0.134. The number of rotatable bonds is 5. The molecular weight excluding hydrogens is 482 g/mol. The zero-order valence-corrected chi connectivity index (χ0v) is 22.1. The third-order valence-electron chi connectivity index (χ3n) is 9.31. The van der Waals surface area contributed by atoms with Gasteiger partial charge >= 0.3 is 0 Å². The molecule has 1 saturated heterocycles. The van der Waals surface area contributed by atoms with E-state index in [1.807, 2.05) is 110 Å². The molecule has 2 amide bonds. The first kappa shape index (κ1) is 23.8. The van der Waals surface area contributed by atoms with Gasteiger partial charge in [-0.3, -0.25) is 14.4 Å². The van der Waals surface area contributed by atoms with Crippen molar-refractivity contribution in [2.24, 2.45) is 22.7 Å². The molecule has 1 heterocycles. The molecule has 0 N–H and O–H groups in total. The van der Waals surface area contributed by atoms with E-state index in [0.29, 0.717) is 12.1 Å². The Morgan fingerprint density at radius 3 is 1.87 bits per heavy atom. The van der Waals surface area contributed by atoms with Crippen LogP contribution in [0.2, 0.25) is 0 Å². The van der Waals surface area contributed by atoms with Gasteiger partial charge in [0.2, 0.25) is 11.8 Å². The Morgan fingerprint density at radius 2 is 1.23 bits per heavy atom. The average Bonchev–Trinajstić information content (AvgIpc) is 3.43. The molecule has 4 heteroatoms. The molecule has 2 bridgehead atoms. The standard InChI is InChI=1S/C35H29NO3/c1-3-20-35-28(24-15-8-5-9-16-24)27(23-13-6-4-7-14-23)34(2,33(35)39)29-30(35)32(38)36(31(29)37)26-19-18-22-12-10-11-17-25(22)21-26/h4-19,21,29-30H,3,20H2,1-2H3/t29-,30+,34-,35+/m0/s1. The summed E-state index contributed by atoms with van der Waals surface area (Å²) in [5, 5.41) is 2.01. The molecule has 1 saturated carbocycles. The summed E-state index contributed by atoms with van der Waals surface area (Å²) in [6.45, 7) is 3.97. The Morgan fingerprint density at radius 1 is 0.667 bits per heavy atom. The van der Waals surface area contributed by atoms with Gasteiger partial charge in [0.25, 0.3) is 0 Å². The van der Waals surface area contributed by atoms with Crippen molar-refractivity contribution in [2.45, 2.75) is 26.7 Å². The second-order valence-electron chi connectivity index (χ2n) is 11.2. The number of Topliss-reactive ketones (excluding diaryl/α,β-unsaturated/α-hetero) is 1. The minimum Gasteiger partial charge on any atom is -0.298 e. The number of hydrogen-bond acceptors (Lipinski definition) is 3. The molecule has 0 aromatic heterocycles. The van der Waals surface area contributed by atoms with Crippen LogP contribution in [0.5, 0.6) is 0 Å². The van der Waals surface area contributed by atoms with Gasteiger partial charge in [0.15, 0.2) is 5.78 Å². The van der Waals surface area contributed by atoms with E-state index in [-0.39, 0.29) is 17.6 Å². The Labute approximate surface area is 228 Å². The zero-order chi connectivity index (χ0) is 26.9. The highest BCUT2D eigenvalue weighted by Gasteiger charge is 2.80. The van der Waals surface area contributed by atoms with Crippen molar-refractivity contribution in [3.05, 3.63) is 114 Å². The van der Waals surface area contributed by atoms with Crippen LogP contribution in [0.4, 0.5) is 5.69 Å². The smallest absolute Gasteiger partial charge is 0.239 e. The van der Waals surface area contributed by atoms with Crippen LogP contribution < -0.4 is 4.90 Å². The fraction of sp³-hybridized carbons (Fsp3) is 0.229. The van der Waals surface area contributed by atoms with E-state index in [9.17, 15) is 14.4 Å². The maximum atomic E-state index is 14.7. The first-order chi connectivity index (χ1) is 18.9. The maximum absolute atomic E-state index is 14.7. The molecular formula is C35H29NO3. The number of benzene rings is 4. The first-order valence-electron chi connectivity index (χ1n) is 13.7. The lowest BCUT2D eigenvalue weighted by Crippen LogP contribution is -2.41. The highest BCUT2D eigenvalue weighted by atomic mass is 16.2. The van der Waals surface area contributed by atoms with Gasteiger partial charge < -0.3 is 0 Å². The second kappa shape index (κ2) is 8.34. The van der Waals surface area contributed by atoms with E-state index in [4.69, 9.17) is 0 Å². The number of anilines is 1. The largest absolute Gasteiger partial charge is 0.298 e. The summed E-state index contributed by atoms with van der Waals surface area (Å²) in [4.78, 5) is 44.9. The van der Waals surface area contributed by atoms with Crippen molar-refractivity contribution >= 4 is 45.2 Å². The van der Waals surface area contributed by atoms with E-state index in [1.54, 1.807) is 0 Å². The van der Waals surface area contributed by atoms with Gasteiger partial charge in [0.05, 0.1) is 28.4 Å². The van der Waals surface area contributed by atoms with Crippen LogP contribution in [0, 0.1) is 22.7 Å². The number of ketones is 1. The first-order valence-corrected chi connectivity index (χ1v) is 13.7. The fourth-order valence-electron chi connectivity index (χ4n) is 7.93. The number of fused-ring (bicyclic) bond motifs is 6. The summed E-state index contributed by atoms with van der Waals surface area (Å²) >= 11 is 0. The van der Waals surface area contributed by atoms with Crippen LogP contribution in [0.1, 0.15) is 37.8 Å². The van der Waals surface area contributed by atoms with Gasteiger partial charge in [-0.05, 0) is 58.5 Å². The molecule has 4 aromatic rings. The monoisotopic (exact) mass is 511 g/mol. The van der Waals surface area contributed by atoms with Crippen molar-refractivity contribution in [2.75, 3.05) is 4.90 Å². The predicted octanol–water partition coefficient (Wildman–Crippen LogP) is 6.95. The lowest BCUT2D eigenvalue weighted by atomic mass is 9.61. The minimum atomic E-state index is -1.11. The third-order valence-corrected chi connectivity index (χ3v) is 9.31. The average molecular weight is 512 g/mol. The highest BCUT2D eigenvalue weighted by molar-refractivity contribution is 6.34. The zero-order valence-electron chi connectivity index (χ0n) is 22.1. The molecule has 0 spiro atoms. The molecule has 7 rings (SSSR count). The predicted molar refractivity (Wildman–Crippen MR) is 154 cm³/mol. The van der Waals surface area contributed by atoms with Crippen LogP contribution in [0.3, 0.4) is 0 Å². The van der Waals surface area contributed by atoms with E-state index >= 15 is 0 Å². The molecule has 39 heavy (non-hydrogen) atoms. The second-order valence-corrected chi connectivity index (χ2v) is 11.2. The van der Waals surface area contributed by atoms with Crippen LogP contribution in [0.15, 0.2) is 103 Å². The summed E-state index contributed by atoms with van der Waals surface area (Å²) in [6.07, 6.45) is 1.24. The van der Waals surface area contributed by atoms with Gasteiger partial charge in [-0.25, -0.2) is 4.90 Å². The van der Waals surface area contributed by atoms with Crippen LogP contribution in [0.25, 0.3) is 21.9 Å². The summed E-state index contributed by atoms with van der Waals surface area (Å²) in [5.41, 5.74) is 2.12. The molecule has 4 nitrogen and oxygen atoms in total. The molecule has 4 atom stereocenters. The van der Waals surface area contributed by atoms with Crippen molar-refractivity contribution in [3.63, 3.8) is 0 Å². The third kappa shape index (κ3) is 2.92. The van der Waals surface area contributed by atoms with Gasteiger partial charge in [-0.15, -0.1) is 0 Å². The molecule has 192 valence electrons. The maximum Gasteiger partial charge on any atom is 0.239 e. The van der Waals surface area contributed by atoms with E-state index in [0.717, 1.165) is 39.5 Å². The van der Waals surface area contributed by atoms with Gasteiger partial charge in [-0.1, -0.05) is 104 Å². The Balaban J connectivity index is 1.49. The Kier molecular flexibility index (Phi) is 5.09. The molecule has 0 unspecified atom stereocenters. The quantitative estimate of drug-likeness (QED) is 0.273. The van der Waals surface area contributed by atoms with Gasteiger partial charge in [0.1, 0.15) is 0 Å². The van der Waals surface area contributed by atoms with Crippen molar-refractivity contribution in [3.8, 4) is 0 Å². The van der Waals surface area contributed by atoms with Crippen molar-refractivity contribution in [1.29, 1.82) is 0 Å². The SMILES string of the molecule is CCC[C@@]12C(=O)[C@@](C)(C(c3ccccc3)=C1c1ccccc1)[C@@H]1C(=O)N(c3ccc4ccccc4c3)C(=O)[C@@H]12. The number of imide groups is 1. The molecule has 1 aliphatic heterocycles. The molecule has 2 aliphatic carbocycles. The summed E-state index contributed by atoms with van der Waals surface area (Å²) in [5.74, 6) is -1.97. The number of nitrogens with zero attached hydrogens (tertiary/aromatic N) is 1. The number of hydrogen-bond donors (Lipinski definition) is 0. The highest BCUT2D eigenvalue weighted by Crippen LogP contribution is 2.75. The van der Waals surface area contributed by atoms with Gasteiger partial charge in [0, 0.05) is 0 Å². The summed E-state index contributed by atoms with van der Waals surface area (Å²) < 4.78 is 0. The Hall–Kier alpha value is -4.31. The number of allylic oxidation sites excluding steroid dienone is 2. The Bertz CT molecular complexity index is 1710. The molecule has 2 fully saturated rings. The molecule has 3 aliphatic rings. The van der Waals surface area contributed by atoms with E-state index in [2.05, 4.69) is 6.92 Å². The van der Waals surface area contributed by atoms with Crippen LogP contribution >= 0.6 is 0 Å². The number of amides is 2. The van der Waals surface area contributed by atoms with Crippen molar-refractivity contribution < 1.29 is 14.4 Å². The van der Waals surface area contributed by atoms with Gasteiger partial charge in [-0.2, -0.15) is 0 Å². The van der Waals surface area contributed by atoms with E-state index in [1.165, 1.54) is 4.90 Å². The van der Waals surface area contributed by atoms with Crippen molar-refractivity contribution in [1.82, 2.24) is 0 Å². The fourth-order valence-corrected chi connectivity index (χ4v) is 7.93. The summed E-state index contributed by atoms with van der Waals surface area (Å²) in [6, 6.07) is 33.6. The lowest BCUT2D eigenvalue weighted by Gasteiger charge is -2.37. The summed E-state index contributed by atoms with van der Waals surface area (Å²) in [7, 11) is 0. The molecule has 4 aromatic carbocycles. The van der Waals surface area contributed by atoms with Crippen LogP contribution in [-0.2, 0) is 14.4 Å². The van der Waals surface area contributed by atoms with Crippen LogP contribution in [-0.4, -0.2) is 17.6 Å². The van der Waals surface area contributed by atoms with E-state index < -0.39 is 22.7 Å².